The molecule has 3 heteroatoms. The first-order chi connectivity index (χ1) is 8.88. The van der Waals surface area contributed by atoms with E-state index in [4.69, 9.17) is 4.74 Å². The smallest absolute Gasteiger partial charge is 0.0620 e. The van der Waals surface area contributed by atoms with E-state index in [1.807, 2.05) is 7.11 Å². The van der Waals surface area contributed by atoms with Gasteiger partial charge in [-0.15, -0.1) is 0 Å². The van der Waals surface area contributed by atoms with Crippen molar-refractivity contribution >= 4 is 0 Å². The van der Waals surface area contributed by atoms with Crippen molar-refractivity contribution in [2.45, 2.75) is 63.1 Å². The molecule has 2 aliphatic carbocycles. The number of nitrogens with zero attached hydrogens (tertiary/aromatic N) is 1. The Hall–Kier alpha value is -0.120. The van der Waals surface area contributed by atoms with Gasteiger partial charge in [-0.3, -0.25) is 4.90 Å². The van der Waals surface area contributed by atoms with Gasteiger partial charge in [-0.1, -0.05) is 6.42 Å². The van der Waals surface area contributed by atoms with E-state index >= 15 is 0 Å². The van der Waals surface area contributed by atoms with Crippen LogP contribution in [-0.2, 0) is 4.74 Å². The molecule has 2 atom stereocenters. The summed E-state index contributed by atoms with van der Waals surface area (Å²) in [6.07, 6.45) is 9.83. The first kappa shape index (κ1) is 12.9. The second-order valence-electron chi connectivity index (χ2n) is 6.43. The number of nitrogens with one attached hydrogen (secondary N) is 1. The maximum atomic E-state index is 5.49. The fraction of sp³-hybridized carbons (Fsp3) is 1.00. The third kappa shape index (κ3) is 3.25. The summed E-state index contributed by atoms with van der Waals surface area (Å²) < 4.78 is 5.49. The van der Waals surface area contributed by atoms with Crippen LogP contribution in [0.2, 0.25) is 0 Å². The monoisotopic (exact) mass is 252 g/mol. The van der Waals surface area contributed by atoms with E-state index in [0.29, 0.717) is 6.04 Å². The number of hydrogen-bond donors (Lipinski definition) is 1. The van der Waals surface area contributed by atoms with Crippen LogP contribution in [0.1, 0.15) is 44.9 Å². The van der Waals surface area contributed by atoms with E-state index in [1.165, 1.54) is 58.0 Å². The fourth-order valence-electron chi connectivity index (χ4n) is 3.45. The van der Waals surface area contributed by atoms with Gasteiger partial charge in [-0.2, -0.15) is 0 Å². The molecule has 2 unspecified atom stereocenters. The predicted octanol–water partition coefficient (Wildman–Crippen LogP) is 2.02. The Morgan fingerprint density at radius 2 is 2.00 bits per heavy atom. The van der Waals surface area contributed by atoms with Gasteiger partial charge in [-0.05, 0) is 51.0 Å². The van der Waals surface area contributed by atoms with Crippen LogP contribution in [0.25, 0.3) is 0 Å². The third-order valence-electron chi connectivity index (χ3n) is 4.79. The zero-order chi connectivity index (χ0) is 12.4. The molecule has 0 aromatic rings. The van der Waals surface area contributed by atoms with Crippen LogP contribution >= 0.6 is 0 Å². The standard InChI is InChI=1S/C15H28N2O/c1-18-11-15(12-5-6-12)17(14-7-8-14)10-13-4-2-3-9-16-13/h12-16H,2-11H2,1H3. The first-order valence-electron chi connectivity index (χ1n) is 7.86. The summed E-state index contributed by atoms with van der Waals surface area (Å²) in [7, 11) is 1.86. The molecule has 0 bridgehead atoms. The lowest BCUT2D eigenvalue weighted by atomic mass is 10.0. The van der Waals surface area contributed by atoms with Crippen molar-refractivity contribution in [2.24, 2.45) is 5.92 Å². The Labute approximate surface area is 111 Å². The van der Waals surface area contributed by atoms with Gasteiger partial charge in [0, 0.05) is 31.8 Å². The fourth-order valence-corrected chi connectivity index (χ4v) is 3.45. The molecule has 1 saturated heterocycles. The molecular weight excluding hydrogens is 224 g/mol. The average molecular weight is 252 g/mol. The molecule has 0 amide bonds. The molecule has 104 valence electrons. The van der Waals surface area contributed by atoms with Gasteiger partial charge in [0.05, 0.1) is 6.61 Å². The summed E-state index contributed by atoms with van der Waals surface area (Å²) in [5.41, 5.74) is 0. The van der Waals surface area contributed by atoms with Crippen molar-refractivity contribution < 1.29 is 4.74 Å². The maximum absolute atomic E-state index is 5.49. The molecule has 1 heterocycles. The van der Waals surface area contributed by atoms with Crippen molar-refractivity contribution in [1.29, 1.82) is 0 Å². The molecule has 0 aromatic carbocycles. The second-order valence-corrected chi connectivity index (χ2v) is 6.43. The molecule has 0 radical (unpaired) electrons. The van der Waals surface area contributed by atoms with Gasteiger partial charge in [-0.25, -0.2) is 0 Å². The summed E-state index contributed by atoms with van der Waals surface area (Å²) in [5, 5.41) is 3.71. The molecule has 1 N–H and O–H groups in total. The lowest BCUT2D eigenvalue weighted by Gasteiger charge is -2.36. The highest BCUT2D eigenvalue weighted by molar-refractivity contribution is 4.97. The molecular formula is C15H28N2O. The van der Waals surface area contributed by atoms with Crippen molar-refractivity contribution in [3.8, 4) is 0 Å². The minimum Gasteiger partial charge on any atom is -0.383 e. The van der Waals surface area contributed by atoms with E-state index in [0.717, 1.165) is 24.6 Å². The summed E-state index contributed by atoms with van der Waals surface area (Å²) in [4.78, 5) is 2.80. The Morgan fingerprint density at radius 3 is 2.56 bits per heavy atom. The molecule has 2 saturated carbocycles. The Kier molecular flexibility index (Phi) is 4.22. The highest BCUT2D eigenvalue weighted by atomic mass is 16.5. The number of methoxy groups -OCH3 is 1. The maximum Gasteiger partial charge on any atom is 0.0620 e. The van der Waals surface area contributed by atoms with Gasteiger partial charge in [0.15, 0.2) is 0 Å². The number of piperidine rings is 1. The SMILES string of the molecule is COCC(C1CC1)N(CC1CCCCN1)C1CC1. The number of ether oxygens (including phenoxy) is 1. The van der Waals surface area contributed by atoms with Crippen molar-refractivity contribution in [3.05, 3.63) is 0 Å². The highest BCUT2D eigenvalue weighted by Crippen LogP contribution is 2.40. The predicted molar refractivity (Wildman–Crippen MR) is 73.8 cm³/mol. The Bertz CT molecular complexity index is 257. The minimum atomic E-state index is 0.700. The van der Waals surface area contributed by atoms with Crippen LogP contribution in [0.3, 0.4) is 0 Å². The molecule has 0 spiro atoms. The second kappa shape index (κ2) is 5.89. The van der Waals surface area contributed by atoms with Gasteiger partial charge < -0.3 is 10.1 Å². The van der Waals surface area contributed by atoms with Crippen LogP contribution in [0.5, 0.6) is 0 Å². The zero-order valence-corrected chi connectivity index (χ0v) is 11.7. The normalized spacial score (nSPS) is 30.7. The molecule has 3 nitrogen and oxygen atoms in total. The molecule has 18 heavy (non-hydrogen) atoms. The van der Waals surface area contributed by atoms with E-state index < -0.39 is 0 Å². The molecule has 1 aliphatic heterocycles. The minimum absolute atomic E-state index is 0.700. The summed E-state index contributed by atoms with van der Waals surface area (Å²) in [5.74, 6) is 0.925. The average Bonchev–Trinajstić information content (AvgIpc) is 3.28. The quantitative estimate of drug-likeness (QED) is 0.750. The first-order valence-corrected chi connectivity index (χ1v) is 7.86. The molecule has 3 aliphatic rings. The van der Waals surface area contributed by atoms with Gasteiger partial charge in [0.25, 0.3) is 0 Å². The number of rotatable bonds is 7. The lowest BCUT2D eigenvalue weighted by Crippen LogP contribution is -2.50. The lowest BCUT2D eigenvalue weighted by molar-refractivity contribution is 0.0629. The Morgan fingerprint density at radius 1 is 1.17 bits per heavy atom. The van der Waals surface area contributed by atoms with E-state index in [2.05, 4.69) is 10.2 Å². The van der Waals surface area contributed by atoms with Crippen LogP contribution < -0.4 is 5.32 Å². The highest BCUT2D eigenvalue weighted by Gasteiger charge is 2.42. The topological polar surface area (TPSA) is 24.5 Å². The molecule has 0 aromatic heterocycles. The largest absolute Gasteiger partial charge is 0.383 e. The van der Waals surface area contributed by atoms with Crippen molar-refractivity contribution in [2.75, 3.05) is 26.8 Å². The third-order valence-corrected chi connectivity index (χ3v) is 4.79. The van der Waals surface area contributed by atoms with E-state index in [-0.39, 0.29) is 0 Å². The van der Waals surface area contributed by atoms with Crippen LogP contribution in [-0.4, -0.2) is 49.8 Å². The van der Waals surface area contributed by atoms with Gasteiger partial charge >= 0.3 is 0 Å². The summed E-state index contributed by atoms with van der Waals surface area (Å²) in [6, 6.07) is 2.30. The van der Waals surface area contributed by atoms with E-state index in [1.54, 1.807) is 0 Å². The van der Waals surface area contributed by atoms with E-state index in [9.17, 15) is 0 Å². The van der Waals surface area contributed by atoms with Crippen molar-refractivity contribution in [1.82, 2.24) is 10.2 Å². The molecule has 3 rings (SSSR count). The number of hydrogen-bond acceptors (Lipinski definition) is 3. The summed E-state index contributed by atoms with van der Waals surface area (Å²) in [6.45, 7) is 3.42. The molecule has 3 fully saturated rings. The Balaban J connectivity index is 1.58. The van der Waals surface area contributed by atoms with Crippen LogP contribution in [0.4, 0.5) is 0 Å². The van der Waals surface area contributed by atoms with Crippen molar-refractivity contribution in [3.63, 3.8) is 0 Å². The summed E-state index contributed by atoms with van der Waals surface area (Å²) >= 11 is 0. The van der Waals surface area contributed by atoms with Crippen LogP contribution in [0, 0.1) is 5.92 Å². The van der Waals surface area contributed by atoms with Gasteiger partial charge in [0.1, 0.15) is 0 Å². The van der Waals surface area contributed by atoms with Gasteiger partial charge in [0.2, 0.25) is 0 Å². The van der Waals surface area contributed by atoms with Crippen LogP contribution in [0.15, 0.2) is 0 Å². The zero-order valence-electron chi connectivity index (χ0n) is 11.7.